The van der Waals surface area contributed by atoms with Gasteiger partial charge in [0.25, 0.3) is 5.91 Å². The van der Waals surface area contributed by atoms with E-state index < -0.39 is 12.8 Å². The average Bonchev–Trinajstić information content (AvgIpc) is 2.97. The minimum absolute atomic E-state index is 0.148. The number of nitrogens with one attached hydrogen (secondary N) is 1. The second kappa shape index (κ2) is 8.33. The Balaban J connectivity index is 1.73. The maximum absolute atomic E-state index is 12.8. The Morgan fingerprint density at radius 1 is 1.30 bits per heavy atom. The lowest BCUT2D eigenvalue weighted by Crippen LogP contribution is -2.23. The van der Waals surface area contributed by atoms with Gasteiger partial charge in [-0.15, -0.1) is 0 Å². The summed E-state index contributed by atoms with van der Waals surface area (Å²) in [6, 6.07) is 6.41. The van der Waals surface area contributed by atoms with Crippen LogP contribution in [0.3, 0.4) is 0 Å². The van der Waals surface area contributed by atoms with Gasteiger partial charge in [0, 0.05) is 29.8 Å². The van der Waals surface area contributed by atoms with Crippen molar-refractivity contribution in [3.05, 3.63) is 52.7 Å². The number of alkyl halides is 3. The molecule has 1 aromatic heterocycles. The fourth-order valence-electron chi connectivity index (χ4n) is 3.13. The number of benzene rings is 1. The number of aromatic nitrogens is 1. The van der Waals surface area contributed by atoms with E-state index in [0.717, 1.165) is 5.56 Å². The average molecular weight is 421 g/mol. The number of ether oxygens (including phenoxy) is 1. The zero-order chi connectivity index (χ0) is 22.1. The van der Waals surface area contributed by atoms with Crippen molar-refractivity contribution in [1.29, 1.82) is 0 Å². The van der Waals surface area contributed by atoms with Crippen molar-refractivity contribution in [1.82, 2.24) is 9.88 Å². The maximum atomic E-state index is 12.8. The standard InChI is InChI=1S/C21H22F3N3O3/c1-12(2)19(28)26-18-16-10-27(20(29)15(16)6-7-25-18)9-14-4-5-17(13(3)8-14)30-11-21(22,23)24/h4-8,12H,9-11H2,1-3H3,(H,25,26,28). The number of rotatable bonds is 6. The first-order chi connectivity index (χ1) is 14.0. The molecule has 160 valence electrons. The van der Waals surface area contributed by atoms with Crippen molar-refractivity contribution in [3.8, 4) is 5.75 Å². The van der Waals surface area contributed by atoms with Gasteiger partial charge in [0.05, 0.1) is 6.54 Å². The fourth-order valence-corrected chi connectivity index (χ4v) is 3.13. The quantitative estimate of drug-likeness (QED) is 0.763. The molecule has 30 heavy (non-hydrogen) atoms. The van der Waals surface area contributed by atoms with E-state index >= 15 is 0 Å². The van der Waals surface area contributed by atoms with Crippen molar-refractivity contribution in [3.63, 3.8) is 0 Å². The van der Waals surface area contributed by atoms with Crippen LogP contribution in [-0.2, 0) is 17.9 Å². The number of hydrogen-bond acceptors (Lipinski definition) is 4. The first kappa shape index (κ1) is 21.6. The molecule has 2 aromatic rings. The summed E-state index contributed by atoms with van der Waals surface area (Å²) in [7, 11) is 0. The van der Waals surface area contributed by atoms with Gasteiger partial charge in [0.2, 0.25) is 5.91 Å². The molecular weight excluding hydrogens is 399 g/mol. The van der Waals surface area contributed by atoms with Crippen LogP contribution in [0.4, 0.5) is 19.0 Å². The van der Waals surface area contributed by atoms with Gasteiger partial charge in [0.1, 0.15) is 11.6 Å². The van der Waals surface area contributed by atoms with Crippen LogP contribution in [0.1, 0.15) is 40.9 Å². The van der Waals surface area contributed by atoms with Gasteiger partial charge in [-0.3, -0.25) is 9.59 Å². The minimum atomic E-state index is -4.41. The molecule has 0 saturated carbocycles. The summed E-state index contributed by atoms with van der Waals surface area (Å²) in [6.07, 6.45) is -2.93. The Bertz CT molecular complexity index is 974. The Morgan fingerprint density at radius 3 is 2.67 bits per heavy atom. The van der Waals surface area contributed by atoms with E-state index in [1.54, 1.807) is 43.9 Å². The number of pyridine rings is 1. The largest absolute Gasteiger partial charge is 0.484 e. The first-order valence-corrected chi connectivity index (χ1v) is 9.42. The number of carbonyl (C=O) groups excluding carboxylic acids is 2. The highest BCUT2D eigenvalue weighted by molar-refractivity contribution is 6.01. The molecule has 0 aliphatic carbocycles. The highest BCUT2D eigenvalue weighted by atomic mass is 19.4. The molecule has 0 bridgehead atoms. The van der Waals surface area contributed by atoms with Gasteiger partial charge in [0.15, 0.2) is 6.61 Å². The van der Waals surface area contributed by atoms with E-state index in [9.17, 15) is 22.8 Å². The second-order valence-corrected chi connectivity index (χ2v) is 7.49. The molecule has 0 atom stereocenters. The number of nitrogens with zero attached hydrogens (tertiary/aromatic N) is 2. The molecule has 1 aliphatic heterocycles. The number of hydrogen-bond donors (Lipinski definition) is 1. The summed E-state index contributed by atoms with van der Waals surface area (Å²) in [6.45, 7) is 4.37. The molecule has 0 saturated heterocycles. The van der Waals surface area contributed by atoms with Crippen LogP contribution in [0.2, 0.25) is 0 Å². The molecule has 1 aromatic carbocycles. The molecule has 0 unspecified atom stereocenters. The van der Waals surface area contributed by atoms with Gasteiger partial charge in [-0.25, -0.2) is 4.98 Å². The lowest BCUT2D eigenvalue weighted by molar-refractivity contribution is -0.153. The number of anilines is 1. The van der Waals surface area contributed by atoms with Crippen molar-refractivity contribution < 1.29 is 27.5 Å². The maximum Gasteiger partial charge on any atom is 0.422 e. The van der Waals surface area contributed by atoms with E-state index in [4.69, 9.17) is 4.74 Å². The third-order valence-corrected chi connectivity index (χ3v) is 4.69. The molecule has 6 nitrogen and oxygen atoms in total. The molecular formula is C21H22F3N3O3. The SMILES string of the molecule is Cc1cc(CN2Cc3c(ccnc3NC(=O)C(C)C)C2=O)ccc1OCC(F)(F)F. The molecule has 0 spiro atoms. The Kier molecular flexibility index (Phi) is 6.00. The number of amides is 2. The molecule has 3 rings (SSSR count). The predicted molar refractivity (Wildman–Crippen MR) is 104 cm³/mol. The van der Waals surface area contributed by atoms with Gasteiger partial charge in [-0.1, -0.05) is 26.0 Å². The van der Waals surface area contributed by atoms with E-state index in [2.05, 4.69) is 10.3 Å². The molecule has 2 amide bonds. The fraction of sp³-hybridized carbons (Fsp3) is 0.381. The van der Waals surface area contributed by atoms with Gasteiger partial charge < -0.3 is 15.0 Å². The van der Waals surface area contributed by atoms with Crippen molar-refractivity contribution in [2.24, 2.45) is 5.92 Å². The van der Waals surface area contributed by atoms with Crippen LogP contribution in [-0.4, -0.2) is 34.5 Å². The van der Waals surface area contributed by atoms with E-state index in [0.29, 0.717) is 22.5 Å². The van der Waals surface area contributed by atoms with Crippen LogP contribution in [0.25, 0.3) is 0 Å². The van der Waals surface area contributed by atoms with Gasteiger partial charge >= 0.3 is 6.18 Å². The molecule has 1 aliphatic rings. The molecule has 1 N–H and O–H groups in total. The van der Waals surface area contributed by atoms with E-state index in [1.165, 1.54) is 12.3 Å². The van der Waals surface area contributed by atoms with Crippen LogP contribution in [0, 0.1) is 12.8 Å². The zero-order valence-corrected chi connectivity index (χ0v) is 16.8. The monoisotopic (exact) mass is 421 g/mol. The highest BCUT2D eigenvalue weighted by Crippen LogP contribution is 2.30. The number of fused-ring (bicyclic) bond motifs is 1. The van der Waals surface area contributed by atoms with Crippen molar-refractivity contribution >= 4 is 17.6 Å². The predicted octanol–water partition coefficient (Wildman–Crippen LogP) is 4.08. The third-order valence-electron chi connectivity index (χ3n) is 4.69. The summed E-state index contributed by atoms with van der Waals surface area (Å²) in [5, 5.41) is 2.75. The Labute approximate surface area is 172 Å². The van der Waals surface area contributed by atoms with Crippen molar-refractivity contribution in [2.45, 2.75) is 40.0 Å². The van der Waals surface area contributed by atoms with E-state index in [-0.39, 0.29) is 36.6 Å². The normalized spacial score (nSPS) is 13.6. The number of aryl methyl sites for hydroxylation is 1. The lowest BCUT2D eigenvalue weighted by atomic mass is 10.1. The summed E-state index contributed by atoms with van der Waals surface area (Å²) < 4.78 is 41.9. The Hall–Kier alpha value is -3.10. The number of halogens is 3. The molecule has 0 fully saturated rings. The molecule has 9 heteroatoms. The van der Waals surface area contributed by atoms with Crippen LogP contribution in [0.5, 0.6) is 5.75 Å². The molecule has 2 heterocycles. The summed E-state index contributed by atoms with van der Waals surface area (Å²) in [5.74, 6) is -0.0876. The smallest absolute Gasteiger partial charge is 0.422 e. The first-order valence-electron chi connectivity index (χ1n) is 9.42. The van der Waals surface area contributed by atoms with Crippen LogP contribution < -0.4 is 10.1 Å². The van der Waals surface area contributed by atoms with E-state index in [1.807, 2.05) is 0 Å². The van der Waals surface area contributed by atoms with Crippen molar-refractivity contribution in [2.75, 3.05) is 11.9 Å². The topological polar surface area (TPSA) is 71.5 Å². The second-order valence-electron chi connectivity index (χ2n) is 7.49. The zero-order valence-electron chi connectivity index (χ0n) is 16.8. The molecule has 0 radical (unpaired) electrons. The Morgan fingerprint density at radius 2 is 2.03 bits per heavy atom. The third kappa shape index (κ3) is 4.90. The minimum Gasteiger partial charge on any atom is -0.484 e. The lowest BCUT2D eigenvalue weighted by Gasteiger charge is -2.17. The summed E-state index contributed by atoms with van der Waals surface area (Å²) in [5.41, 5.74) is 2.44. The van der Waals surface area contributed by atoms with Gasteiger partial charge in [-0.05, 0) is 30.2 Å². The number of carbonyl (C=O) groups is 2. The van der Waals surface area contributed by atoms with Crippen LogP contribution in [0.15, 0.2) is 30.5 Å². The van der Waals surface area contributed by atoms with Crippen LogP contribution >= 0.6 is 0 Å². The summed E-state index contributed by atoms with van der Waals surface area (Å²) >= 11 is 0. The highest BCUT2D eigenvalue weighted by Gasteiger charge is 2.31. The summed E-state index contributed by atoms with van der Waals surface area (Å²) in [4.78, 5) is 30.6. The van der Waals surface area contributed by atoms with Gasteiger partial charge in [-0.2, -0.15) is 13.2 Å².